The number of benzene rings is 1. The van der Waals surface area contributed by atoms with Crippen molar-refractivity contribution in [2.75, 3.05) is 0 Å². The number of rotatable bonds is 1. The van der Waals surface area contributed by atoms with Crippen LogP contribution in [0.2, 0.25) is 0 Å². The van der Waals surface area contributed by atoms with Crippen molar-refractivity contribution in [1.29, 1.82) is 5.41 Å². The Hall–Kier alpha value is -1.38. The molecular formula is C8H9FN2. The highest BCUT2D eigenvalue weighted by atomic mass is 19.1. The highest BCUT2D eigenvalue weighted by Crippen LogP contribution is 2.08. The average molecular weight is 152 g/mol. The van der Waals surface area contributed by atoms with E-state index in [4.69, 9.17) is 11.1 Å². The summed E-state index contributed by atoms with van der Waals surface area (Å²) in [6, 6.07) is 4.51. The van der Waals surface area contributed by atoms with Crippen LogP contribution in [0.1, 0.15) is 11.1 Å². The molecule has 0 amide bonds. The van der Waals surface area contributed by atoms with E-state index >= 15 is 0 Å². The van der Waals surface area contributed by atoms with Gasteiger partial charge in [-0.2, -0.15) is 0 Å². The van der Waals surface area contributed by atoms with Crippen LogP contribution < -0.4 is 5.73 Å². The third-order valence-corrected chi connectivity index (χ3v) is 1.41. The van der Waals surface area contributed by atoms with Crippen LogP contribution >= 0.6 is 0 Å². The van der Waals surface area contributed by atoms with E-state index < -0.39 is 5.82 Å². The minimum absolute atomic E-state index is 0.171. The summed E-state index contributed by atoms with van der Waals surface area (Å²) in [5.74, 6) is -0.672. The molecule has 0 saturated heterocycles. The Morgan fingerprint density at radius 3 is 2.64 bits per heavy atom. The Bertz CT molecular complexity index is 294. The maximum atomic E-state index is 12.8. The van der Waals surface area contributed by atoms with Gasteiger partial charge in [-0.3, -0.25) is 5.41 Å². The van der Waals surface area contributed by atoms with Gasteiger partial charge in [0.05, 0.1) is 5.56 Å². The zero-order chi connectivity index (χ0) is 8.43. The first-order valence-corrected chi connectivity index (χ1v) is 3.22. The van der Waals surface area contributed by atoms with E-state index in [1.54, 1.807) is 12.1 Å². The van der Waals surface area contributed by atoms with E-state index in [-0.39, 0.29) is 11.4 Å². The van der Waals surface area contributed by atoms with Crippen LogP contribution in [0, 0.1) is 18.2 Å². The van der Waals surface area contributed by atoms with Crippen molar-refractivity contribution in [3.05, 3.63) is 35.1 Å². The fourth-order valence-electron chi connectivity index (χ4n) is 0.846. The Balaban J connectivity index is 3.23. The molecule has 0 radical (unpaired) electrons. The molecule has 58 valence electrons. The second kappa shape index (κ2) is 2.70. The predicted octanol–water partition coefficient (Wildman–Crippen LogP) is 1.42. The summed E-state index contributed by atoms with van der Waals surface area (Å²) < 4.78 is 12.8. The first kappa shape index (κ1) is 7.72. The molecule has 0 spiro atoms. The molecule has 0 atom stereocenters. The molecule has 0 unspecified atom stereocenters. The summed E-state index contributed by atoms with van der Waals surface area (Å²) in [6.45, 7) is 1.83. The smallest absolute Gasteiger partial charge is 0.134 e. The van der Waals surface area contributed by atoms with Crippen molar-refractivity contribution in [2.24, 2.45) is 5.73 Å². The van der Waals surface area contributed by atoms with Crippen LogP contribution in [-0.4, -0.2) is 5.84 Å². The first-order chi connectivity index (χ1) is 5.11. The van der Waals surface area contributed by atoms with Crippen LogP contribution in [0.4, 0.5) is 4.39 Å². The van der Waals surface area contributed by atoms with Gasteiger partial charge in [0.25, 0.3) is 0 Å². The molecule has 3 N–H and O–H groups in total. The predicted molar refractivity (Wildman–Crippen MR) is 42.2 cm³/mol. The standard InChI is InChI=1S/C8H9FN2/c1-5-2-3-7(9)6(4-5)8(10)11/h2-4H,1H3,(H3,10,11). The number of hydrogen-bond donors (Lipinski definition) is 2. The van der Waals surface area contributed by atoms with E-state index in [1.807, 2.05) is 6.92 Å². The molecule has 0 saturated carbocycles. The van der Waals surface area contributed by atoms with Gasteiger partial charge in [0.2, 0.25) is 0 Å². The molecule has 0 fully saturated rings. The van der Waals surface area contributed by atoms with Crippen molar-refractivity contribution >= 4 is 5.84 Å². The molecule has 3 heteroatoms. The lowest BCUT2D eigenvalue weighted by atomic mass is 10.1. The fourth-order valence-corrected chi connectivity index (χ4v) is 0.846. The maximum absolute atomic E-state index is 12.8. The largest absolute Gasteiger partial charge is 0.384 e. The van der Waals surface area contributed by atoms with Crippen molar-refractivity contribution in [2.45, 2.75) is 6.92 Å². The monoisotopic (exact) mass is 152 g/mol. The van der Waals surface area contributed by atoms with E-state index in [1.165, 1.54) is 6.07 Å². The maximum Gasteiger partial charge on any atom is 0.134 e. The molecule has 0 aliphatic heterocycles. The molecule has 0 aromatic heterocycles. The molecule has 0 aliphatic carbocycles. The van der Waals surface area contributed by atoms with E-state index in [9.17, 15) is 4.39 Å². The zero-order valence-electron chi connectivity index (χ0n) is 6.19. The van der Waals surface area contributed by atoms with Gasteiger partial charge in [0.1, 0.15) is 11.7 Å². The molecular weight excluding hydrogens is 143 g/mol. The minimum atomic E-state index is -0.442. The molecule has 0 heterocycles. The third-order valence-electron chi connectivity index (χ3n) is 1.41. The number of hydrogen-bond acceptors (Lipinski definition) is 1. The van der Waals surface area contributed by atoms with Gasteiger partial charge in [0, 0.05) is 0 Å². The third kappa shape index (κ3) is 1.55. The van der Waals surface area contributed by atoms with E-state index in [2.05, 4.69) is 0 Å². The lowest BCUT2D eigenvalue weighted by Crippen LogP contribution is -2.13. The Morgan fingerprint density at radius 1 is 1.55 bits per heavy atom. The van der Waals surface area contributed by atoms with Gasteiger partial charge in [-0.05, 0) is 19.1 Å². The normalized spacial score (nSPS) is 9.64. The number of nitrogens with one attached hydrogen (secondary N) is 1. The summed E-state index contributed by atoms with van der Waals surface area (Å²) in [5.41, 5.74) is 6.20. The quantitative estimate of drug-likeness (QED) is 0.464. The van der Waals surface area contributed by atoms with Crippen molar-refractivity contribution in [3.63, 3.8) is 0 Å². The van der Waals surface area contributed by atoms with Gasteiger partial charge in [-0.1, -0.05) is 11.6 Å². The lowest BCUT2D eigenvalue weighted by Gasteiger charge is -2.00. The summed E-state index contributed by atoms with van der Waals surface area (Å²) in [6.07, 6.45) is 0. The molecule has 0 aliphatic rings. The number of aryl methyl sites for hydroxylation is 1. The second-order valence-electron chi connectivity index (χ2n) is 2.40. The van der Waals surface area contributed by atoms with Crippen LogP contribution in [0.25, 0.3) is 0 Å². The van der Waals surface area contributed by atoms with E-state index in [0.29, 0.717) is 0 Å². The second-order valence-corrected chi connectivity index (χ2v) is 2.40. The topological polar surface area (TPSA) is 49.9 Å². The van der Waals surface area contributed by atoms with E-state index in [0.717, 1.165) is 5.56 Å². The van der Waals surface area contributed by atoms with Gasteiger partial charge >= 0.3 is 0 Å². The molecule has 11 heavy (non-hydrogen) atoms. The fraction of sp³-hybridized carbons (Fsp3) is 0.125. The number of nitrogens with two attached hydrogens (primary N) is 1. The van der Waals surface area contributed by atoms with Crippen LogP contribution in [0.3, 0.4) is 0 Å². The lowest BCUT2D eigenvalue weighted by molar-refractivity contribution is 0.624. The van der Waals surface area contributed by atoms with Gasteiger partial charge in [-0.25, -0.2) is 4.39 Å². The number of halogens is 1. The summed E-state index contributed by atoms with van der Waals surface area (Å²) in [4.78, 5) is 0. The highest BCUT2D eigenvalue weighted by Gasteiger charge is 2.03. The van der Waals surface area contributed by atoms with Crippen LogP contribution in [0.5, 0.6) is 0 Å². The van der Waals surface area contributed by atoms with Gasteiger partial charge in [-0.15, -0.1) is 0 Å². The molecule has 2 nitrogen and oxygen atoms in total. The van der Waals surface area contributed by atoms with Crippen LogP contribution in [0.15, 0.2) is 18.2 Å². The SMILES string of the molecule is Cc1ccc(F)c(C(=N)N)c1. The Kier molecular flexibility index (Phi) is 1.89. The minimum Gasteiger partial charge on any atom is -0.384 e. The average Bonchev–Trinajstić information content (AvgIpc) is 1.94. The van der Waals surface area contributed by atoms with Crippen molar-refractivity contribution in [1.82, 2.24) is 0 Å². The number of amidine groups is 1. The summed E-state index contributed by atoms with van der Waals surface area (Å²) >= 11 is 0. The van der Waals surface area contributed by atoms with Gasteiger partial charge < -0.3 is 5.73 Å². The van der Waals surface area contributed by atoms with Crippen molar-refractivity contribution in [3.8, 4) is 0 Å². The van der Waals surface area contributed by atoms with Crippen LogP contribution in [-0.2, 0) is 0 Å². The summed E-state index contributed by atoms with van der Waals surface area (Å²) in [7, 11) is 0. The van der Waals surface area contributed by atoms with Crippen molar-refractivity contribution < 1.29 is 4.39 Å². The molecule has 1 aromatic carbocycles. The van der Waals surface area contributed by atoms with Gasteiger partial charge in [0.15, 0.2) is 0 Å². The Labute approximate surface area is 64.4 Å². The zero-order valence-corrected chi connectivity index (χ0v) is 6.19. The number of nitrogen functional groups attached to an aromatic ring is 1. The first-order valence-electron chi connectivity index (χ1n) is 3.22. The Morgan fingerprint density at radius 2 is 2.18 bits per heavy atom. The molecule has 0 bridgehead atoms. The molecule has 1 aromatic rings. The molecule has 1 rings (SSSR count). The highest BCUT2D eigenvalue weighted by molar-refractivity contribution is 5.95. The summed E-state index contributed by atoms with van der Waals surface area (Å²) in [5, 5.41) is 7.01.